The average Bonchev–Trinajstić information content (AvgIpc) is 2.82. The maximum atomic E-state index is 10.9. The molecular weight excluding hydrogens is 314 g/mol. The van der Waals surface area contributed by atoms with Crippen molar-refractivity contribution in [2.45, 2.75) is 40.0 Å². The van der Waals surface area contributed by atoms with Gasteiger partial charge in [0.2, 0.25) is 0 Å². The smallest absolute Gasteiger partial charge is 0.258 e. The van der Waals surface area contributed by atoms with Crippen molar-refractivity contribution in [3.63, 3.8) is 0 Å². The Bertz CT molecular complexity index is 727. The minimum Gasteiger partial charge on any atom is -0.258 e. The summed E-state index contributed by atoms with van der Waals surface area (Å²) in [5.41, 5.74) is 2.04. The minimum absolute atomic E-state index is 0.112. The van der Waals surface area contributed by atoms with E-state index in [4.69, 9.17) is 11.6 Å². The van der Waals surface area contributed by atoms with Crippen molar-refractivity contribution < 1.29 is 4.92 Å². The fraction of sp³-hybridized carbons (Fsp3) is 0.529. The summed E-state index contributed by atoms with van der Waals surface area (Å²) in [5.74, 6) is 0.679. The number of hydrogen-bond acceptors (Lipinski definition) is 4. The molecule has 2 bridgehead atoms. The number of nitrogens with zero attached hydrogens (tertiary/aromatic N) is 3. The molecule has 122 valence electrons. The van der Waals surface area contributed by atoms with Gasteiger partial charge in [-0.2, -0.15) is 10.2 Å². The molecule has 2 atom stereocenters. The molecule has 0 unspecified atom stereocenters. The fourth-order valence-electron chi connectivity index (χ4n) is 3.99. The van der Waals surface area contributed by atoms with E-state index in [-0.39, 0.29) is 21.5 Å². The second kappa shape index (κ2) is 5.41. The summed E-state index contributed by atoms with van der Waals surface area (Å²) >= 11 is 5.81. The van der Waals surface area contributed by atoms with Crippen molar-refractivity contribution >= 4 is 29.2 Å². The maximum absolute atomic E-state index is 10.9. The van der Waals surface area contributed by atoms with E-state index in [1.165, 1.54) is 18.6 Å². The van der Waals surface area contributed by atoms with Crippen LogP contribution in [0.4, 0.5) is 5.69 Å². The van der Waals surface area contributed by atoms with E-state index < -0.39 is 4.92 Å². The molecule has 0 spiro atoms. The van der Waals surface area contributed by atoms with Gasteiger partial charge in [-0.15, -0.1) is 0 Å². The van der Waals surface area contributed by atoms with Crippen molar-refractivity contribution in [3.8, 4) is 0 Å². The fourth-order valence-corrected chi connectivity index (χ4v) is 4.18. The van der Waals surface area contributed by atoms with Gasteiger partial charge in [0.1, 0.15) is 5.02 Å². The third-order valence-electron chi connectivity index (χ3n) is 6.06. The van der Waals surface area contributed by atoms with Crippen molar-refractivity contribution in [1.82, 2.24) is 0 Å². The number of nitro groups is 1. The van der Waals surface area contributed by atoms with Crippen LogP contribution in [-0.4, -0.2) is 16.8 Å². The normalized spacial score (nSPS) is 30.4. The molecule has 2 saturated carbocycles. The first-order valence-corrected chi connectivity index (χ1v) is 8.18. The van der Waals surface area contributed by atoms with E-state index >= 15 is 0 Å². The molecule has 3 rings (SSSR count). The Morgan fingerprint density at radius 1 is 1.39 bits per heavy atom. The first-order chi connectivity index (χ1) is 10.8. The summed E-state index contributed by atoms with van der Waals surface area (Å²) in [6.45, 7) is 6.92. The SMILES string of the molecule is CC1(C)[C@@H]2CC[C@@]1(C)/C(=N/N=C\c1ccc(Cl)c([N+](=O)[O-])c1)C2. The quantitative estimate of drug-likeness (QED) is 0.450. The Hall–Kier alpha value is -1.75. The second-order valence-electron chi connectivity index (χ2n) is 7.25. The van der Waals surface area contributed by atoms with Crippen LogP contribution in [0.25, 0.3) is 0 Å². The van der Waals surface area contributed by atoms with Crippen LogP contribution in [0.15, 0.2) is 28.4 Å². The van der Waals surface area contributed by atoms with Gasteiger partial charge < -0.3 is 0 Å². The van der Waals surface area contributed by atoms with Gasteiger partial charge in [0, 0.05) is 22.8 Å². The number of rotatable bonds is 3. The Morgan fingerprint density at radius 3 is 2.70 bits per heavy atom. The maximum Gasteiger partial charge on any atom is 0.288 e. The Morgan fingerprint density at radius 2 is 2.13 bits per heavy atom. The molecule has 0 heterocycles. The Kier molecular flexibility index (Phi) is 3.79. The van der Waals surface area contributed by atoms with E-state index in [0.717, 1.165) is 18.6 Å². The predicted octanol–water partition coefficient (Wildman–Crippen LogP) is 4.87. The molecule has 0 amide bonds. The van der Waals surface area contributed by atoms with Gasteiger partial charge in [0.05, 0.1) is 11.1 Å². The third kappa shape index (κ3) is 2.47. The molecule has 0 saturated heterocycles. The zero-order chi connectivity index (χ0) is 16.8. The standard InChI is InChI=1S/C17H20ClN3O2/c1-16(2)12-6-7-17(16,3)15(9-12)20-19-10-11-4-5-13(18)14(8-11)21(22)23/h4-5,8,10,12H,6-7,9H2,1-3H3/b19-10-,20-15+/t12-,17+/m1/s1. The highest BCUT2D eigenvalue weighted by atomic mass is 35.5. The average molecular weight is 334 g/mol. The van der Waals surface area contributed by atoms with Crippen molar-refractivity contribution in [1.29, 1.82) is 0 Å². The molecule has 0 radical (unpaired) electrons. The lowest BCUT2D eigenvalue weighted by Crippen LogP contribution is -2.32. The van der Waals surface area contributed by atoms with Gasteiger partial charge in [0.25, 0.3) is 5.69 Å². The molecule has 1 aromatic carbocycles. The molecule has 2 fully saturated rings. The van der Waals surface area contributed by atoms with Crippen molar-refractivity contribution in [3.05, 3.63) is 38.9 Å². The molecule has 6 heteroatoms. The van der Waals surface area contributed by atoms with Gasteiger partial charge in [-0.25, -0.2) is 0 Å². The molecule has 0 N–H and O–H groups in total. The van der Waals surface area contributed by atoms with Crippen molar-refractivity contribution in [2.24, 2.45) is 27.0 Å². The van der Waals surface area contributed by atoms with Crippen LogP contribution < -0.4 is 0 Å². The van der Waals surface area contributed by atoms with E-state index in [1.54, 1.807) is 12.3 Å². The zero-order valence-corrected chi connectivity index (χ0v) is 14.3. The van der Waals surface area contributed by atoms with Crippen LogP contribution in [0.1, 0.15) is 45.6 Å². The predicted molar refractivity (Wildman–Crippen MR) is 92.4 cm³/mol. The largest absolute Gasteiger partial charge is 0.288 e. The van der Waals surface area contributed by atoms with Gasteiger partial charge in [-0.3, -0.25) is 10.1 Å². The molecule has 5 nitrogen and oxygen atoms in total. The van der Waals surface area contributed by atoms with Crippen LogP contribution in [0.3, 0.4) is 0 Å². The summed E-state index contributed by atoms with van der Waals surface area (Å²) < 4.78 is 0. The lowest BCUT2D eigenvalue weighted by molar-refractivity contribution is -0.384. The second-order valence-corrected chi connectivity index (χ2v) is 7.66. The number of halogens is 1. The van der Waals surface area contributed by atoms with E-state index in [0.29, 0.717) is 11.5 Å². The Balaban J connectivity index is 1.83. The van der Waals surface area contributed by atoms with Crippen molar-refractivity contribution in [2.75, 3.05) is 0 Å². The highest BCUT2D eigenvalue weighted by Crippen LogP contribution is 2.63. The van der Waals surface area contributed by atoms with Crippen LogP contribution in [0, 0.1) is 26.9 Å². The summed E-state index contributed by atoms with van der Waals surface area (Å²) in [6.07, 6.45) is 4.97. The molecule has 1 aromatic rings. The first-order valence-electron chi connectivity index (χ1n) is 7.80. The minimum atomic E-state index is -0.495. The van der Waals surface area contributed by atoms with Gasteiger partial charge in [-0.05, 0) is 36.7 Å². The molecule has 0 aliphatic heterocycles. The third-order valence-corrected chi connectivity index (χ3v) is 6.38. The van der Waals surface area contributed by atoms with E-state index in [2.05, 4.69) is 31.0 Å². The van der Waals surface area contributed by atoms with Gasteiger partial charge in [0.15, 0.2) is 0 Å². The molecule has 23 heavy (non-hydrogen) atoms. The lowest BCUT2D eigenvalue weighted by Gasteiger charge is -2.34. The van der Waals surface area contributed by atoms with Crippen LogP contribution in [-0.2, 0) is 0 Å². The van der Waals surface area contributed by atoms with Crippen LogP contribution in [0.2, 0.25) is 5.02 Å². The highest BCUT2D eigenvalue weighted by molar-refractivity contribution is 6.32. The number of hydrogen-bond donors (Lipinski definition) is 0. The summed E-state index contributed by atoms with van der Waals surface area (Å²) in [7, 11) is 0. The number of benzene rings is 1. The lowest BCUT2D eigenvalue weighted by atomic mass is 9.70. The molecular formula is C17H20ClN3O2. The van der Waals surface area contributed by atoms with E-state index in [9.17, 15) is 10.1 Å². The number of nitro benzene ring substituents is 1. The monoisotopic (exact) mass is 333 g/mol. The topological polar surface area (TPSA) is 67.9 Å². The summed E-state index contributed by atoms with van der Waals surface area (Å²) in [5, 5.41) is 19.7. The van der Waals surface area contributed by atoms with Crippen LogP contribution >= 0.6 is 11.6 Å². The van der Waals surface area contributed by atoms with Gasteiger partial charge in [-0.1, -0.05) is 38.4 Å². The zero-order valence-electron chi connectivity index (χ0n) is 13.5. The Labute approximate surface area is 140 Å². The highest BCUT2D eigenvalue weighted by Gasteiger charge is 2.59. The van der Waals surface area contributed by atoms with E-state index in [1.807, 2.05) is 0 Å². The first kappa shape index (κ1) is 16.1. The molecule has 2 aliphatic carbocycles. The molecule has 2 aliphatic rings. The number of fused-ring (bicyclic) bond motifs is 2. The summed E-state index contributed by atoms with van der Waals surface area (Å²) in [4.78, 5) is 10.4. The van der Waals surface area contributed by atoms with Gasteiger partial charge >= 0.3 is 0 Å². The molecule has 0 aromatic heterocycles. The van der Waals surface area contributed by atoms with Crippen LogP contribution in [0.5, 0.6) is 0 Å². The summed E-state index contributed by atoms with van der Waals surface area (Å²) in [6, 6.07) is 4.63.